The van der Waals surface area contributed by atoms with Crippen LogP contribution in [0.4, 0.5) is 20.3 Å². The number of imidazole rings is 1. The molecule has 3 aromatic rings. The summed E-state index contributed by atoms with van der Waals surface area (Å²) in [6.07, 6.45) is 0. The van der Waals surface area contributed by atoms with Gasteiger partial charge in [-0.3, -0.25) is 9.80 Å². The predicted molar refractivity (Wildman–Crippen MR) is 128 cm³/mol. The summed E-state index contributed by atoms with van der Waals surface area (Å²) in [6.45, 7) is 6.81. The first-order valence-electron chi connectivity index (χ1n) is 10.9. The minimum Gasteiger partial charge on any atom is -0.332 e. The lowest BCUT2D eigenvalue weighted by molar-refractivity contribution is -0.136. The Morgan fingerprint density at radius 3 is 2.44 bits per heavy atom. The first-order chi connectivity index (χ1) is 16.0. The SMILES string of the molecule is CC(C)(C)[C@H](N)C(=O)N1CCn2c(nc(-c3ccc(F)cc3)c2N(N)c2ccc(Cl)c(F)c2)C1. The van der Waals surface area contributed by atoms with Crippen molar-refractivity contribution in [1.82, 2.24) is 14.5 Å². The largest absolute Gasteiger partial charge is 0.332 e. The maximum atomic E-state index is 14.2. The Labute approximate surface area is 201 Å². The molecule has 0 aliphatic carbocycles. The summed E-state index contributed by atoms with van der Waals surface area (Å²) < 4.78 is 29.6. The topological polar surface area (TPSA) is 93.4 Å². The molecule has 0 saturated carbocycles. The molecular formula is C24H27ClF2N6O. The van der Waals surface area contributed by atoms with Crippen LogP contribution in [0.5, 0.6) is 0 Å². The van der Waals surface area contributed by atoms with E-state index in [1.54, 1.807) is 23.1 Å². The lowest BCUT2D eigenvalue weighted by Crippen LogP contribution is -2.52. The molecule has 180 valence electrons. The molecule has 10 heteroatoms. The third kappa shape index (κ3) is 4.51. The number of hydrogen-bond acceptors (Lipinski definition) is 5. The second kappa shape index (κ2) is 8.98. The number of halogens is 3. The molecule has 4 N–H and O–H groups in total. The zero-order valence-corrected chi connectivity index (χ0v) is 20.0. The van der Waals surface area contributed by atoms with E-state index >= 15 is 0 Å². The van der Waals surface area contributed by atoms with E-state index in [0.29, 0.717) is 41.7 Å². The van der Waals surface area contributed by atoms with Crippen molar-refractivity contribution in [3.63, 3.8) is 0 Å². The Morgan fingerprint density at radius 2 is 1.82 bits per heavy atom. The van der Waals surface area contributed by atoms with Gasteiger partial charge in [-0.1, -0.05) is 32.4 Å². The van der Waals surface area contributed by atoms with Crippen LogP contribution in [0.1, 0.15) is 26.6 Å². The molecule has 1 aliphatic heterocycles. The molecule has 0 radical (unpaired) electrons. The molecule has 0 bridgehead atoms. The number of rotatable bonds is 4. The van der Waals surface area contributed by atoms with Crippen molar-refractivity contribution >= 4 is 29.0 Å². The van der Waals surface area contributed by atoms with Crippen molar-refractivity contribution in [3.05, 3.63) is 64.9 Å². The minimum atomic E-state index is -0.659. The number of carbonyl (C=O) groups excluding carboxylic acids is 1. The quantitative estimate of drug-likeness (QED) is 0.424. The van der Waals surface area contributed by atoms with Crippen molar-refractivity contribution in [1.29, 1.82) is 0 Å². The Balaban J connectivity index is 1.77. The highest BCUT2D eigenvalue weighted by molar-refractivity contribution is 6.30. The molecule has 1 atom stereocenters. The van der Waals surface area contributed by atoms with Crippen LogP contribution in [0.3, 0.4) is 0 Å². The minimum absolute atomic E-state index is 0.0180. The number of hydrazine groups is 1. The van der Waals surface area contributed by atoms with E-state index in [2.05, 4.69) is 0 Å². The molecule has 2 aromatic carbocycles. The molecule has 4 rings (SSSR count). The van der Waals surface area contributed by atoms with E-state index in [-0.39, 0.29) is 28.7 Å². The molecule has 0 spiro atoms. The molecule has 1 aliphatic rings. The van der Waals surface area contributed by atoms with E-state index in [4.69, 9.17) is 28.2 Å². The summed E-state index contributed by atoms with van der Waals surface area (Å²) in [4.78, 5) is 19.4. The van der Waals surface area contributed by atoms with Gasteiger partial charge in [0.1, 0.15) is 23.2 Å². The average molecular weight is 489 g/mol. The molecule has 0 unspecified atom stereocenters. The number of nitrogens with two attached hydrogens (primary N) is 2. The maximum absolute atomic E-state index is 14.2. The fraction of sp³-hybridized carbons (Fsp3) is 0.333. The first-order valence-corrected chi connectivity index (χ1v) is 11.2. The fourth-order valence-electron chi connectivity index (χ4n) is 3.87. The van der Waals surface area contributed by atoms with Gasteiger partial charge in [0.15, 0.2) is 5.82 Å². The van der Waals surface area contributed by atoms with Crippen molar-refractivity contribution in [3.8, 4) is 11.3 Å². The molecule has 34 heavy (non-hydrogen) atoms. The van der Waals surface area contributed by atoms with E-state index in [9.17, 15) is 13.6 Å². The highest BCUT2D eigenvalue weighted by Gasteiger charge is 2.35. The number of fused-ring (bicyclic) bond motifs is 1. The third-order valence-electron chi connectivity index (χ3n) is 5.98. The summed E-state index contributed by atoms with van der Waals surface area (Å²) in [6, 6.07) is 9.46. The van der Waals surface area contributed by atoms with Gasteiger partial charge in [-0.15, -0.1) is 0 Å². The van der Waals surface area contributed by atoms with Gasteiger partial charge in [-0.05, 0) is 41.8 Å². The van der Waals surface area contributed by atoms with Crippen LogP contribution in [0.25, 0.3) is 11.3 Å². The van der Waals surface area contributed by atoms with Gasteiger partial charge in [-0.25, -0.2) is 19.6 Å². The van der Waals surface area contributed by atoms with Crippen LogP contribution in [-0.4, -0.2) is 32.9 Å². The van der Waals surface area contributed by atoms with Crippen LogP contribution >= 0.6 is 11.6 Å². The van der Waals surface area contributed by atoms with Crippen LogP contribution in [0.2, 0.25) is 5.02 Å². The predicted octanol–water partition coefficient (Wildman–Crippen LogP) is 4.21. The summed E-state index contributed by atoms with van der Waals surface area (Å²) in [5.74, 6) is 6.41. The van der Waals surface area contributed by atoms with Crippen LogP contribution < -0.4 is 16.6 Å². The van der Waals surface area contributed by atoms with Crippen LogP contribution in [0.15, 0.2) is 42.5 Å². The highest BCUT2D eigenvalue weighted by Crippen LogP contribution is 2.37. The van der Waals surface area contributed by atoms with Gasteiger partial charge < -0.3 is 15.2 Å². The van der Waals surface area contributed by atoms with Gasteiger partial charge in [0.05, 0.1) is 23.3 Å². The van der Waals surface area contributed by atoms with Gasteiger partial charge in [0.25, 0.3) is 0 Å². The average Bonchev–Trinajstić information content (AvgIpc) is 3.17. The second-order valence-corrected chi connectivity index (χ2v) is 9.84. The number of benzene rings is 2. The van der Waals surface area contributed by atoms with E-state index in [1.807, 2.05) is 25.3 Å². The van der Waals surface area contributed by atoms with Crippen LogP contribution in [0, 0.1) is 17.0 Å². The van der Waals surface area contributed by atoms with E-state index in [1.165, 1.54) is 29.3 Å². The smallest absolute Gasteiger partial charge is 0.240 e. The summed E-state index contributed by atoms with van der Waals surface area (Å²) in [5.41, 5.74) is 7.30. The molecule has 1 aromatic heterocycles. The summed E-state index contributed by atoms with van der Waals surface area (Å²) in [5, 5.41) is 1.31. The molecule has 0 saturated heterocycles. The van der Waals surface area contributed by atoms with Crippen molar-refractivity contribution in [2.24, 2.45) is 17.0 Å². The zero-order chi connectivity index (χ0) is 24.8. The lowest BCUT2D eigenvalue weighted by Gasteiger charge is -2.35. The van der Waals surface area contributed by atoms with E-state index < -0.39 is 11.9 Å². The number of nitrogens with zero attached hydrogens (tertiary/aromatic N) is 4. The normalized spacial score (nSPS) is 14.6. The molecule has 7 nitrogen and oxygen atoms in total. The molecule has 0 fully saturated rings. The number of anilines is 2. The Morgan fingerprint density at radius 1 is 1.15 bits per heavy atom. The van der Waals surface area contributed by atoms with Crippen molar-refractivity contribution < 1.29 is 13.6 Å². The number of carbonyl (C=O) groups is 1. The lowest BCUT2D eigenvalue weighted by atomic mass is 9.86. The number of aromatic nitrogens is 2. The standard InChI is InChI=1S/C24H27ClF2N6O/c1-24(2,3)21(28)23(34)31-10-11-32-19(13-31)30-20(14-4-6-15(26)7-5-14)22(32)33(29)16-8-9-17(25)18(27)12-16/h4-9,12,21H,10-11,13,28-29H2,1-3H3/t21-/m1/s1. The van der Waals surface area contributed by atoms with Gasteiger partial charge in [0.2, 0.25) is 5.91 Å². The second-order valence-electron chi connectivity index (χ2n) is 9.43. The van der Waals surface area contributed by atoms with E-state index in [0.717, 1.165) is 0 Å². The van der Waals surface area contributed by atoms with Crippen molar-refractivity contribution in [2.75, 3.05) is 11.6 Å². The third-order valence-corrected chi connectivity index (χ3v) is 6.29. The maximum Gasteiger partial charge on any atom is 0.240 e. The van der Waals surface area contributed by atoms with Gasteiger partial charge in [-0.2, -0.15) is 0 Å². The first kappa shape index (κ1) is 24.1. The number of hydrogen-bond donors (Lipinski definition) is 2. The van der Waals surface area contributed by atoms with Crippen LogP contribution in [-0.2, 0) is 17.9 Å². The molecular weight excluding hydrogens is 462 g/mol. The zero-order valence-electron chi connectivity index (χ0n) is 19.2. The Bertz CT molecular complexity index is 1220. The number of amides is 1. The Kier molecular flexibility index (Phi) is 6.37. The fourth-order valence-corrected chi connectivity index (χ4v) is 3.99. The highest BCUT2D eigenvalue weighted by atomic mass is 35.5. The van der Waals surface area contributed by atoms with Gasteiger partial charge in [0, 0.05) is 24.7 Å². The molecule has 2 heterocycles. The summed E-state index contributed by atoms with van der Waals surface area (Å²) in [7, 11) is 0. The summed E-state index contributed by atoms with van der Waals surface area (Å²) >= 11 is 5.84. The van der Waals surface area contributed by atoms with Crippen molar-refractivity contribution in [2.45, 2.75) is 39.9 Å². The van der Waals surface area contributed by atoms with Gasteiger partial charge >= 0.3 is 0 Å². The monoisotopic (exact) mass is 488 g/mol. The molecule has 1 amide bonds. The Hall–Kier alpha value is -3.01.